The topological polar surface area (TPSA) is 95.5 Å². The standard InChI is InChI=1S/C19H26N4O4/c1-21-11-14(15(24)20-18(21)27)16(25)22-10-8-19(12-22)7-4-9-23(17(19)26)13-5-2-3-6-13/h11,13H,2-10,12H2,1H3,(H,20,24,27)/t19-/m0/s1. The molecule has 2 aliphatic heterocycles. The van der Waals surface area contributed by atoms with Crippen molar-refractivity contribution in [2.24, 2.45) is 12.5 Å². The molecule has 8 heteroatoms. The summed E-state index contributed by atoms with van der Waals surface area (Å²) in [5, 5.41) is 0. The first kappa shape index (κ1) is 18.0. The zero-order chi connectivity index (χ0) is 19.2. The SMILES string of the molecule is Cn1cc(C(=O)N2CC[C@@]3(CCCN(C4CCCC4)C3=O)C2)c(=O)[nH]c1=O. The van der Waals surface area contributed by atoms with Crippen LogP contribution in [0.5, 0.6) is 0 Å². The molecule has 1 aromatic heterocycles. The molecule has 2 amide bonds. The lowest BCUT2D eigenvalue weighted by atomic mass is 9.77. The van der Waals surface area contributed by atoms with Crippen LogP contribution in [0.15, 0.2) is 15.8 Å². The van der Waals surface area contributed by atoms with Crippen molar-refractivity contribution in [2.45, 2.75) is 51.0 Å². The lowest BCUT2D eigenvalue weighted by molar-refractivity contribution is -0.148. The summed E-state index contributed by atoms with van der Waals surface area (Å²) in [6.45, 7) is 1.64. The predicted octanol–water partition coefficient (Wildman–Crippen LogP) is 0.471. The van der Waals surface area contributed by atoms with Crippen LogP contribution in [0.3, 0.4) is 0 Å². The Morgan fingerprint density at radius 3 is 2.59 bits per heavy atom. The minimum absolute atomic E-state index is 0.0509. The Labute approximate surface area is 157 Å². The van der Waals surface area contributed by atoms with E-state index in [1.165, 1.54) is 30.7 Å². The number of rotatable bonds is 2. The number of hydrogen-bond acceptors (Lipinski definition) is 4. The smallest absolute Gasteiger partial charge is 0.328 e. The van der Waals surface area contributed by atoms with Gasteiger partial charge >= 0.3 is 5.69 Å². The fourth-order valence-electron chi connectivity index (χ4n) is 4.98. The van der Waals surface area contributed by atoms with Gasteiger partial charge in [0.25, 0.3) is 11.5 Å². The lowest BCUT2D eigenvalue weighted by Crippen LogP contribution is -2.53. The number of carbonyl (C=O) groups excluding carboxylic acids is 2. The van der Waals surface area contributed by atoms with Gasteiger partial charge in [-0.2, -0.15) is 0 Å². The van der Waals surface area contributed by atoms with E-state index in [4.69, 9.17) is 0 Å². The molecule has 1 saturated carbocycles. The number of aryl methyl sites for hydroxylation is 1. The van der Waals surface area contributed by atoms with Gasteiger partial charge in [0.15, 0.2) is 0 Å². The molecule has 1 atom stereocenters. The Morgan fingerprint density at radius 2 is 1.85 bits per heavy atom. The number of hydrogen-bond donors (Lipinski definition) is 1. The first-order valence-corrected chi connectivity index (χ1v) is 9.82. The van der Waals surface area contributed by atoms with Crippen LogP contribution in [0.4, 0.5) is 0 Å². The number of H-pyrrole nitrogens is 1. The molecule has 3 fully saturated rings. The maximum absolute atomic E-state index is 13.3. The van der Waals surface area contributed by atoms with Crippen molar-refractivity contribution < 1.29 is 9.59 Å². The van der Waals surface area contributed by atoms with Crippen molar-refractivity contribution >= 4 is 11.8 Å². The largest absolute Gasteiger partial charge is 0.339 e. The van der Waals surface area contributed by atoms with E-state index in [2.05, 4.69) is 9.88 Å². The fraction of sp³-hybridized carbons (Fsp3) is 0.684. The van der Waals surface area contributed by atoms with Gasteiger partial charge in [-0.1, -0.05) is 12.8 Å². The van der Waals surface area contributed by atoms with Crippen LogP contribution >= 0.6 is 0 Å². The highest BCUT2D eigenvalue weighted by Crippen LogP contribution is 2.42. The summed E-state index contributed by atoms with van der Waals surface area (Å²) >= 11 is 0. The van der Waals surface area contributed by atoms with E-state index in [9.17, 15) is 19.2 Å². The highest BCUT2D eigenvalue weighted by molar-refractivity contribution is 5.95. The van der Waals surface area contributed by atoms with Gasteiger partial charge in [-0.15, -0.1) is 0 Å². The highest BCUT2D eigenvalue weighted by atomic mass is 16.2. The number of aromatic amines is 1. The van der Waals surface area contributed by atoms with Crippen LogP contribution < -0.4 is 11.2 Å². The monoisotopic (exact) mass is 374 g/mol. The predicted molar refractivity (Wildman–Crippen MR) is 98.5 cm³/mol. The second kappa shape index (κ2) is 6.65. The molecule has 1 aromatic rings. The number of carbonyl (C=O) groups is 2. The van der Waals surface area contributed by atoms with Gasteiger partial charge in [-0.25, -0.2) is 4.79 Å². The summed E-state index contributed by atoms with van der Waals surface area (Å²) in [5.41, 5.74) is -1.79. The lowest BCUT2D eigenvalue weighted by Gasteiger charge is -2.42. The van der Waals surface area contributed by atoms with E-state index in [1.807, 2.05) is 0 Å². The van der Waals surface area contributed by atoms with Crippen LogP contribution in [-0.4, -0.2) is 56.8 Å². The van der Waals surface area contributed by atoms with E-state index >= 15 is 0 Å². The Hall–Kier alpha value is -2.38. The van der Waals surface area contributed by atoms with Crippen LogP contribution in [0.2, 0.25) is 0 Å². The van der Waals surface area contributed by atoms with Gasteiger partial charge in [-0.3, -0.25) is 19.4 Å². The van der Waals surface area contributed by atoms with Gasteiger partial charge in [-0.05, 0) is 32.1 Å². The summed E-state index contributed by atoms with van der Waals surface area (Å²) in [6.07, 6.45) is 8.21. The molecule has 3 aliphatic rings. The van der Waals surface area contributed by atoms with Crippen molar-refractivity contribution in [3.63, 3.8) is 0 Å². The molecule has 2 saturated heterocycles. The molecule has 4 rings (SSSR count). The van der Waals surface area contributed by atoms with Gasteiger partial charge < -0.3 is 14.4 Å². The summed E-state index contributed by atoms with van der Waals surface area (Å²) < 4.78 is 1.19. The normalized spacial score (nSPS) is 26.3. The van der Waals surface area contributed by atoms with E-state index in [1.54, 1.807) is 4.90 Å². The van der Waals surface area contributed by atoms with Gasteiger partial charge in [0.05, 0.1) is 5.41 Å². The number of amides is 2. The van der Waals surface area contributed by atoms with Crippen LogP contribution in [0.1, 0.15) is 55.3 Å². The van der Waals surface area contributed by atoms with Crippen molar-refractivity contribution in [2.75, 3.05) is 19.6 Å². The minimum Gasteiger partial charge on any atom is -0.339 e. The van der Waals surface area contributed by atoms with Crippen molar-refractivity contribution in [3.05, 3.63) is 32.6 Å². The molecule has 0 unspecified atom stereocenters. The van der Waals surface area contributed by atoms with E-state index in [-0.39, 0.29) is 11.5 Å². The van der Waals surface area contributed by atoms with Crippen LogP contribution in [-0.2, 0) is 11.8 Å². The molecular formula is C19H26N4O4. The molecule has 3 heterocycles. The molecule has 1 aliphatic carbocycles. The number of nitrogens with zero attached hydrogens (tertiary/aromatic N) is 3. The highest BCUT2D eigenvalue weighted by Gasteiger charge is 2.50. The molecule has 8 nitrogen and oxygen atoms in total. The fourth-order valence-corrected chi connectivity index (χ4v) is 4.98. The number of likely N-dealkylation sites (tertiary alicyclic amines) is 2. The van der Waals surface area contributed by atoms with E-state index in [0.717, 1.165) is 32.2 Å². The van der Waals surface area contributed by atoms with Crippen LogP contribution in [0, 0.1) is 5.41 Å². The number of piperidine rings is 1. The average Bonchev–Trinajstić information content (AvgIpc) is 3.31. The van der Waals surface area contributed by atoms with Crippen molar-refractivity contribution in [1.29, 1.82) is 0 Å². The summed E-state index contributed by atoms with van der Waals surface area (Å²) in [7, 11) is 1.49. The molecule has 27 heavy (non-hydrogen) atoms. The van der Waals surface area contributed by atoms with Crippen molar-refractivity contribution in [3.8, 4) is 0 Å². The summed E-state index contributed by atoms with van der Waals surface area (Å²) in [6, 6.07) is 0.353. The number of nitrogens with one attached hydrogen (secondary N) is 1. The van der Waals surface area contributed by atoms with Crippen molar-refractivity contribution in [1.82, 2.24) is 19.4 Å². The van der Waals surface area contributed by atoms with Crippen LogP contribution in [0.25, 0.3) is 0 Å². The molecule has 0 bridgehead atoms. The molecule has 1 spiro atoms. The quantitative estimate of drug-likeness (QED) is 0.814. The van der Waals surface area contributed by atoms with E-state index in [0.29, 0.717) is 25.6 Å². The zero-order valence-corrected chi connectivity index (χ0v) is 15.7. The molecule has 146 valence electrons. The molecule has 0 radical (unpaired) electrons. The Balaban J connectivity index is 1.54. The minimum atomic E-state index is -0.674. The van der Waals surface area contributed by atoms with Gasteiger partial charge in [0.2, 0.25) is 5.91 Å². The zero-order valence-electron chi connectivity index (χ0n) is 15.7. The third-order valence-corrected chi connectivity index (χ3v) is 6.51. The summed E-state index contributed by atoms with van der Waals surface area (Å²) in [4.78, 5) is 55.5. The maximum atomic E-state index is 13.3. The second-order valence-electron chi connectivity index (χ2n) is 8.21. The third-order valence-electron chi connectivity index (χ3n) is 6.51. The maximum Gasteiger partial charge on any atom is 0.328 e. The van der Waals surface area contributed by atoms with Gasteiger partial charge in [0, 0.05) is 38.9 Å². The molecule has 1 N–H and O–H groups in total. The van der Waals surface area contributed by atoms with E-state index < -0.39 is 22.6 Å². The Morgan fingerprint density at radius 1 is 1.11 bits per heavy atom. The summed E-state index contributed by atoms with van der Waals surface area (Å²) in [5.74, 6) is -0.222. The first-order valence-electron chi connectivity index (χ1n) is 9.82. The Bertz CT molecular complexity index is 882. The molecule has 0 aromatic carbocycles. The first-order chi connectivity index (χ1) is 12.9. The Kier molecular flexibility index (Phi) is 4.44. The second-order valence-corrected chi connectivity index (χ2v) is 8.21. The average molecular weight is 374 g/mol. The third kappa shape index (κ3) is 3.00. The molecular weight excluding hydrogens is 348 g/mol. The number of aromatic nitrogens is 2. The van der Waals surface area contributed by atoms with Gasteiger partial charge in [0.1, 0.15) is 5.56 Å².